The molecule has 4 nitrogen and oxygen atoms in total. The number of hydrogen-bond acceptors (Lipinski definition) is 3. The molecule has 0 aromatic heterocycles. The van der Waals surface area contributed by atoms with Crippen LogP contribution in [0.15, 0.2) is 0 Å². The van der Waals surface area contributed by atoms with Crippen LogP contribution < -0.4 is 5.32 Å². The highest BCUT2D eigenvalue weighted by Gasteiger charge is 2.26. The van der Waals surface area contributed by atoms with E-state index in [0.717, 1.165) is 25.9 Å². The highest BCUT2D eigenvalue weighted by atomic mass is 16.1. The quantitative estimate of drug-likeness (QED) is 0.727. The summed E-state index contributed by atoms with van der Waals surface area (Å²) in [6.07, 6.45) is 3.39. The van der Waals surface area contributed by atoms with Gasteiger partial charge in [0, 0.05) is 26.1 Å². The van der Waals surface area contributed by atoms with Gasteiger partial charge >= 0.3 is 0 Å². The van der Waals surface area contributed by atoms with Gasteiger partial charge in [0.05, 0.1) is 12.6 Å². The average Bonchev–Trinajstić information content (AvgIpc) is 2.17. The normalized spacial score (nSPS) is 26.1. The number of carbonyl (C=O) groups excluding carboxylic acids is 1. The van der Waals surface area contributed by atoms with E-state index in [9.17, 15) is 4.79 Å². The fourth-order valence-corrected chi connectivity index (χ4v) is 2.54. The Labute approximate surface area is 97.6 Å². The number of nitrogens with one attached hydrogen (secondary N) is 1. The number of carbonyl (C=O) groups is 1. The Hall–Kier alpha value is -1.08. The molecule has 0 spiro atoms. The highest BCUT2D eigenvalue weighted by Crippen LogP contribution is 2.21. The maximum Gasteiger partial charge on any atom is 0.217 e. The minimum absolute atomic E-state index is 0.0269. The molecular weight excluding hydrogens is 202 g/mol. The number of hydrogen-bond donors (Lipinski definition) is 1. The van der Waals surface area contributed by atoms with Crippen LogP contribution in [-0.4, -0.2) is 36.5 Å². The van der Waals surface area contributed by atoms with Gasteiger partial charge in [0.25, 0.3) is 0 Å². The van der Waals surface area contributed by atoms with Crippen molar-refractivity contribution in [2.75, 3.05) is 19.6 Å². The van der Waals surface area contributed by atoms with E-state index in [1.807, 2.05) is 0 Å². The van der Waals surface area contributed by atoms with E-state index in [2.05, 4.69) is 23.2 Å². The van der Waals surface area contributed by atoms with Gasteiger partial charge in [-0.2, -0.15) is 5.26 Å². The van der Waals surface area contributed by atoms with Crippen molar-refractivity contribution >= 4 is 5.91 Å². The Kier molecular flexibility index (Phi) is 5.27. The molecule has 1 N–H and O–H groups in total. The molecular formula is C12H21N3O. The van der Waals surface area contributed by atoms with Gasteiger partial charge in [0.1, 0.15) is 0 Å². The summed E-state index contributed by atoms with van der Waals surface area (Å²) in [5.41, 5.74) is 0. The zero-order chi connectivity index (χ0) is 12.0. The molecule has 2 unspecified atom stereocenters. The van der Waals surface area contributed by atoms with E-state index >= 15 is 0 Å². The lowest BCUT2D eigenvalue weighted by atomic mass is 9.90. The fraction of sp³-hybridized carbons (Fsp3) is 0.833. The predicted molar refractivity (Wildman–Crippen MR) is 62.7 cm³/mol. The molecule has 0 saturated carbocycles. The Bertz CT molecular complexity index is 272. The first-order chi connectivity index (χ1) is 7.65. The molecule has 1 aliphatic heterocycles. The van der Waals surface area contributed by atoms with Crippen molar-refractivity contribution in [2.24, 2.45) is 5.92 Å². The topological polar surface area (TPSA) is 56.1 Å². The zero-order valence-electron chi connectivity index (χ0n) is 10.2. The van der Waals surface area contributed by atoms with Gasteiger partial charge in [-0.15, -0.1) is 0 Å². The number of amides is 1. The molecule has 90 valence electrons. The summed E-state index contributed by atoms with van der Waals surface area (Å²) in [7, 11) is 0. The SMILES string of the molecule is CCCC1CC(NC(C)=O)CN(CC#N)C1. The number of nitriles is 1. The Balaban J connectivity index is 2.52. The third-order valence-corrected chi connectivity index (χ3v) is 3.01. The van der Waals surface area contributed by atoms with Crippen LogP contribution in [0.1, 0.15) is 33.1 Å². The van der Waals surface area contributed by atoms with Crippen molar-refractivity contribution in [3.8, 4) is 6.07 Å². The molecule has 0 aliphatic carbocycles. The molecule has 1 saturated heterocycles. The van der Waals surface area contributed by atoms with Crippen molar-refractivity contribution in [3.05, 3.63) is 0 Å². The highest BCUT2D eigenvalue weighted by molar-refractivity contribution is 5.73. The van der Waals surface area contributed by atoms with E-state index in [0.29, 0.717) is 12.5 Å². The van der Waals surface area contributed by atoms with Crippen LogP contribution in [0.2, 0.25) is 0 Å². The maximum atomic E-state index is 11.0. The molecule has 4 heteroatoms. The summed E-state index contributed by atoms with van der Waals surface area (Å²) in [5.74, 6) is 0.642. The van der Waals surface area contributed by atoms with Crippen molar-refractivity contribution in [1.82, 2.24) is 10.2 Å². The van der Waals surface area contributed by atoms with Crippen LogP contribution in [0.5, 0.6) is 0 Å². The number of rotatable bonds is 4. The van der Waals surface area contributed by atoms with Gasteiger partial charge in [-0.25, -0.2) is 0 Å². The summed E-state index contributed by atoms with van der Waals surface area (Å²) in [5, 5.41) is 11.7. The molecule has 1 rings (SSSR count). The molecule has 0 radical (unpaired) electrons. The number of likely N-dealkylation sites (tertiary alicyclic amines) is 1. The first-order valence-electron chi connectivity index (χ1n) is 6.02. The van der Waals surface area contributed by atoms with Crippen molar-refractivity contribution < 1.29 is 4.79 Å². The first kappa shape index (κ1) is 13.0. The largest absolute Gasteiger partial charge is 0.352 e. The van der Waals surface area contributed by atoms with E-state index in [-0.39, 0.29) is 11.9 Å². The summed E-state index contributed by atoms with van der Waals surface area (Å²) in [6, 6.07) is 2.41. The molecule has 1 aliphatic rings. The Morgan fingerprint density at radius 3 is 2.88 bits per heavy atom. The molecule has 1 heterocycles. The number of piperidine rings is 1. The van der Waals surface area contributed by atoms with E-state index in [1.165, 1.54) is 6.42 Å². The Morgan fingerprint density at radius 1 is 1.56 bits per heavy atom. The van der Waals surface area contributed by atoms with E-state index in [1.54, 1.807) is 6.92 Å². The van der Waals surface area contributed by atoms with Crippen molar-refractivity contribution in [3.63, 3.8) is 0 Å². The monoisotopic (exact) mass is 223 g/mol. The second kappa shape index (κ2) is 6.49. The molecule has 0 bridgehead atoms. The van der Waals surface area contributed by atoms with Crippen LogP contribution in [0.25, 0.3) is 0 Å². The van der Waals surface area contributed by atoms with Gasteiger partial charge in [-0.3, -0.25) is 9.69 Å². The van der Waals surface area contributed by atoms with Crippen molar-refractivity contribution in [1.29, 1.82) is 5.26 Å². The molecule has 1 fully saturated rings. The minimum atomic E-state index is 0.0269. The minimum Gasteiger partial charge on any atom is -0.352 e. The van der Waals surface area contributed by atoms with Gasteiger partial charge in [-0.05, 0) is 18.8 Å². The van der Waals surface area contributed by atoms with E-state index in [4.69, 9.17) is 5.26 Å². The van der Waals surface area contributed by atoms with Gasteiger partial charge in [0.15, 0.2) is 0 Å². The van der Waals surface area contributed by atoms with Crippen LogP contribution in [0.3, 0.4) is 0 Å². The lowest BCUT2D eigenvalue weighted by Crippen LogP contribution is -2.50. The van der Waals surface area contributed by atoms with Crippen LogP contribution in [-0.2, 0) is 4.79 Å². The second-order valence-electron chi connectivity index (χ2n) is 4.64. The summed E-state index contributed by atoms with van der Waals surface area (Å²) < 4.78 is 0. The fourth-order valence-electron chi connectivity index (χ4n) is 2.54. The third-order valence-electron chi connectivity index (χ3n) is 3.01. The van der Waals surface area contributed by atoms with E-state index < -0.39 is 0 Å². The molecule has 2 atom stereocenters. The summed E-state index contributed by atoms with van der Waals surface area (Å²) in [4.78, 5) is 13.2. The zero-order valence-corrected chi connectivity index (χ0v) is 10.2. The van der Waals surface area contributed by atoms with Crippen LogP contribution >= 0.6 is 0 Å². The van der Waals surface area contributed by atoms with Gasteiger partial charge in [-0.1, -0.05) is 13.3 Å². The smallest absolute Gasteiger partial charge is 0.217 e. The Morgan fingerprint density at radius 2 is 2.31 bits per heavy atom. The predicted octanol–water partition coefficient (Wildman–Crippen LogP) is 1.14. The van der Waals surface area contributed by atoms with Gasteiger partial charge in [0.2, 0.25) is 5.91 Å². The summed E-state index contributed by atoms with van der Waals surface area (Å²) >= 11 is 0. The molecule has 0 aromatic rings. The summed E-state index contributed by atoms with van der Waals surface area (Å²) in [6.45, 7) is 6.01. The maximum absolute atomic E-state index is 11.0. The van der Waals surface area contributed by atoms with Crippen molar-refractivity contribution in [2.45, 2.75) is 39.2 Å². The second-order valence-corrected chi connectivity index (χ2v) is 4.64. The average molecular weight is 223 g/mol. The third kappa shape index (κ3) is 4.19. The number of nitrogens with zero attached hydrogens (tertiary/aromatic N) is 2. The lowest BCUT2D eigenvalue weighted by molar-refractivity contribution is -0.120. The molecule has 1 amide bonds. The van der Waals surface area contributed by atoms with Crippen LogP contribution in [0, 0.1) is 17.2 Å². The first-order valence-corrected chi connectivity index (χ1v) is 6.02. The molecule has 16 heavy (non-hydrogen) atoms. The van der Waals surface area contributed by atoms with Crippen LogP contribution in [0.4, 0.5) is 0 Å². The lowest BCUT2D eigenvalue weighted by Gasteiger charge is -2.36. The molecule has 0 aromatic carbocycles. The standard InChI is InChI=1S/C12H21N3O/c1-3-4-11-7-12(14-10(2)16)9-15(8-11)6-5-13/h11-12H,3-4,6-9H2,1-2H3,(H,14,16). The van der Waals surface area contributed by atoms with Gasteiger partial charge < -0.3 is 5.32 Å².